The number of rotatable bonds is 4. The number of aromatic carboxylic acids is 1. The number of carboxylic acids is 1. The highest BCUT2D eigenvalue weighted by molar-refractivity contribution is 5.97. The van der Waals surface area contributed by atoms with Crippen LogP contribution in [0.15, 0.2) is 59.1 Å². The van der Waals surface area contributed by atoms with E-state index in [0.717, 1.165) is 0 Å². The second-order valence-corrected chi connectivity index (χ2v) is 6.45. The molecule has 3 rings (SSSR count). The normalized spacial score (nSPS) is 18.4. The van der Waals surface area contributed by atoms with Gasteiger partial charge in [0.05, 0.1) is 39.8 Å². The van der Waals surface area contributed by atoms with Crippen LogP contribution in [0.3, 0.4) is 0 Å². The summed E-state index contributed by atoms with van der Waals surface area (Å²) in [5, 5.41) is 39.7. The Morgan fingerprint density at radius 3 is 2.45 bits per heavy atom. The lowest BCUT2D eigenvalue weighted by molar-refractivity contribution is -0.384. The molecule has 0 saturated carbocycles. The van der Waals surface area contributed by atoms with E-state index in [1.54, 1.807) is 19.1 Å². The van der Waals surface area contributed by atoms with Gasteiger partial charge in [-0.25, -0.2) is 4.79 Å². The predicted molar refractivity (Wildman–Crippen MR) is 104 cm³/mol. The van der Waals surface area contributed by atoms with E-state index >= 15 is 0 Å². The number of allylic oxidation sites excluding steroid dienone is 1. The van der Waals surface area contributed by atoms with Crippen LogP contribution in [0.4, 0.5) is 5.69 Å². The molecule has 1 heterocycles. The number of nitro benzene ring substituents is 1. The van der Waals surface area contributed by atoms with E-state index in [9.17, 15) is 30.5 Å². The smallest absolute Gasteiger partial charge is 0.335 e. The number of hydrogen-bond donors (Lipinski definition) is 1. The number of carboxylic acid groups (broad SMARTS) is 1. The summed E-state index contributed by atoms with van der Waals surface area (Å²) in [6, 6.07) is 16.0. The zero-order valence-electron chi connectivity index (χ0n) is 15.2. The van der Waals surface area contributed by atoms with E-state index in [2.05, 4.69) is 17.1 Å². The van der Waals surface area contributed by atoms with Crippen molar-refractivity contribution < 1.29 is 14.8 Å². The SMILES string of the molecule is CC1=NC(c2ccc([N+](=O)[O-])cc2)=C(C#N)C(c2cccc(C(=O)O)c2)C1C#N. The molecule has 0 spiro atoms. The molecular weight excluding hydrogens is 372 g/mol. The third-order valence-corrected chi connectivity index (χ3v) is 4.74. The standard InChI is InChI=1S/C21H14N4O4/c1-12-17(10-22)19(14-3-2-4-15(9-14)21(26)27)18(11-23)20(24-12)13-5-7-16(8-6-13)25(28)29/h2-9,17,19H,1H3,(H,26,27). The van der Waals surface area contributed by atoms with Crippen molar-refractivity contribution >= 4 is 23.1 Å². The quantitative estimate of drug-likeness (QED) is 0.623. The number of carbonyl (C=O) groups is 1. The molecule has 0 aromatic heterocycles. The maximum Gasteiger partial charge on any atom is 0.335 e. The lowest BCUT2D eigenvalue weighted by atomic mass is 9.75. The first-order valence-electron chi connectivity index (χ1n) is 8.54. The zero-order chi connectivity index (χ0) is 21.1. The first-order chi connectivity index (χ1) is 13.9. The molecule has 8 nitrogen and oxygen atoms in total. The molecule has 8 heteroatoms. The van der Waals surface area contributed by atoms with Crippen molar-refractivity contribution in [2.75, 3.05) is 0 Å². The van der Waals surface area contributed by atoms with Crippen LogP contribution in [-0.2, 0) is 0 Å². The van der Waals surface area contributed by atoms with Gasteiger partial charge in [-0.15, -0.1) is 0 Å². The highest BCUT2D eigenvalue weighted by Crippen LogP contribution is 2.41. The number of aliphatic imine (C=N–C) groups is 1. The fourth-order valence-electron chi connectivity index (χ4n) is 3.34. The average molecular weight is 386 g/mol. The van der Waals surface area contributed by atoms with Gasteiger partial charge in [-0.1, -0.05) is 12.1 Å². The minimum absolute atomic E-state index is 0.0496. The fourth-order valence-corrected chi connectivity index (χ4v) is 3.34. The molecule has 0 radical (unpaired) electrons. The maximum absolute atomic E-state index is 11.4. The lowest BCUT2D eigenvalue weighted by Crippen LogP contribution is -2.25. The van der Waals surface area contributed by atoms with Gasteiger partial charge >= 0.3 is 5.97 Å². The largest absolute Gasteiger partial charge is 0.478 e. The van der Waals surface area contributed by atoms with Gasteiger partial charge in [0.2, 0.25) is 0 Å². The van der Waals surface area contributed by atoms with E-state index in [1.165, 1.54) is 36.4 Å². The summed E-state index contributed by atoms with van der Waals surface area (Å²) < 4.78 is 0. The van der Waals surface area contributed by atoms with Crippen LogP contribution >= 0.6 is 0 Å². The second-order valence-electron chi connectivity index (χ2n) is 6.45. The molecule has 2 aromatic carbocycles. The Bertz CT molecular complexity index is 1150. The van der Waals surface area contributed by atoms with Crippen LogP contribution in [0, 0.1) is 38.7 Å². The highest BCUT2D eigenvalue weighted by Gasteiger charge is 2.35. The summed E-state index contributed by atoms with van der Waals surface area (Å²) >= 11 is 0. The number of hydrogen-bond acceptors (Lipinski definition) is 6. The first kappa shape index (κ1) is 19.5. The minimum Gasteiger partial charge on any atom is -0.478 e. The van der Waals surface area contributed by atoms with Crippen LogP contribution in [0.5, 0.6) is 0 Å². The molecule has 142 valence electrons. The van der Waals surface area contributed by atoms with Crippen LogP contribution in [-0.4, -0.2) is 21.7 Å². The Labute approximate surface area is 165 Å². The fraction of sp³-hybridized carbons (Fsp3) is 0.143. The van der Waals surface area contributed by atoms with E-state index in [1.807, 2.05) is 0 Å². The zero-order valence-corrected chi connectivity index (χ0v) is 15.2. The first-order valence-corrected chi connectivity index (χ1v) is 8.54. The molecule has 0 aliphatic carbocycles. The van der Waals surface area contributed by atoms with Crippen molar-refractivity contribution in [2.24, 2.45) is 10.9 Å². The molecule has 0 amide bonds. The summed E-state index contributed by atoms with van der Waals surface area (Å²) in [7, 11) is 0. The summed E-state index contributed by atoms with van der Waals surface area (Å²) in [6.45, 7) is 1.67. The Balaban J connectivity index is 2.21. The van der Waals surface area contributed by atoms with Crippen LogP contribution in [0.25, 0.3) is 5.70 Å². The Morgan fingerprint density at radius 2 is 1.90 bits per heavy atom. The Kier molecular flexibility index (Phi) is 5.20. The van der Waals surface area contributed by atoms with Crippen molar-refractivity contribution in [3.05, 3.63) is 80.9 Å². The molecule has 2 atom stereocenters. The molecule has 0 fully saturated rings. The average Bonchev–Trinajstić information content (AvgIpc) is 2.73. The van der Waals surface area contributed by atoms with Crippen LogP contribution < -0.4 is 0 Å². The highest BCUT2D eigenvalue weighted by atomic mass is 16.6. The van der Waals surface area contributed by atoms with Crippen LogP contribution in [0.2, 0.25) is 0 Å². The molecule has 1 aliphatic heterocycles. The molecular formula is C21H14N4O4. The Morgan fingerprint density at radius 1 is 1.21 bits per heavy atom. The van der Waals surface area contributed by atoms with Crippen molar-refractivity contribution in [3.8, 4) is 12.1 Å². The number of nitrogens with zero attached hydrogens (tertiary/aromatic N) is 4. The van der Waals surface area contributed by atoms with Crippen molar-refractivity contribution in [2.45, 2.75) is 12.8 Å². The third kappa shape index (κ3) is 3.60. The Hall–Kier alpha value is -4.30. The number of non-ortho nitro benzene ring substituents is 1. The molecule has 2 unspecified atom stereocenters. The molecule has 0 saturated heterocycles. The maximum atomic E-state index is 11.4. The number of nitriles is 2. The van der Waals surface area contributed by atoms with Gasteiger partial charge < -0.3 is 5.11 Å². The molecule has 0 bridgehead atoms. The van der Waals surface area contributed by atoms with Gasteiger partial charge in [-0.2, -0.15) is 10.5 Å². The number of nitro groups is 1. The molecule has 29 heavy (non-hydrogen) atoms. The number of benzene rings is 2. The van der Waals surface area contributed by atoms with Gasteiger partial charge in [-0.05, 0) is 36.8 Å². The van der Waals surface area contributed by atoms with Gasteiger partial charge in [-0.3, -0.25) is 15.1 Å². The molecule has 2 aromatic rings. The molecule has 1 aliphatic rings. The van der Waals surface area contributed by atoms with Gasteiger partial charge in [0, 0.05) is 29.3 Å². The van der Waals surface area contributed by atoms with E-state index in [0.29, 0.717) is 22.5 Å². The van der Waals surface area contributed by atoms with Crippen LogP contribution in [0.1, 0.15) is 34.3 Å². The third-order valence-electron chi connectivity index (χ3n) is 4.74. The topological polar surface area (TPSA) is 140 Å². The summed E-state index contributed by atoms with van der Waals surface area (Å²) in [5.41, 5.74) is 1.98. The van der Waals surface area contributed by atoms with Gasteiger partial charge in [0.1, 0.15) is 0 Å². The lowest BCUT2D eigenvalue weighted by Gasteiger charge is -2.28. The summed E-state index contributed by atoms with van der Waals surface area (Å²) in [5.74, 6) is -2.55. The second kappa shape index (κ2) is 7.75. The molecule has 1 N–H and O–H groups in total. The summed E-state index contributed by atoms with van der Waals surface area (Å²) in [4.78, 5) is 26.2. The van der Waals surface area contributed by atoms with Crippen molar-refractivity contribution in [3.63, 3.8) is 0 Å². The van der Waals surface area contributed by atoms with E-state index in [-0.39, 0.29) is 16.8 Å². The van der Waals surface area contributed by atoms with Crippen molar-refractivity contribution in [1.82, 2.24) is 0 Å². The predicted octanol–water partition coefficient (Wildman–Crippen LogP) is 3.93. The van der Waals surface area contributed by atoms with Gasteiger partial charge in [0.25, 0.3) is 5.69 Å². The monoisotopic (exact) mass is 386 g/mol. The van der Waals surface area contributed by atoms with E-state index < -0.39 is 22.7 Å². The minimum atomic E-state index is -1.11. The van der Waals surface area contributed by atoms with Crippen molar-refractivity contribution in [1.29, 1.82) is 10.5 Å². The van der Waals surface area contributed by atoms with Gasteiger partial charge in [0.15, 0.2) is 0 Å². The van der Waals surface area contributed by atoms with E-state index in [4.69, 9.17) is 0 Å². The summed E-state index contributed by atoms with van der Waals surface area (Å²) in [6.07, 6.45) is 0.